The molecule has 3 aromatic rings. The van der Waals surface area contributed by atoms with E-state index in [0.29, 0.717) is 41.5 Å². The van der Waals surface area contributed by atoms with Crippen molar-refractivity contribution in [3.63, 3.8) is 0 Å². The molecule has 0 aliphatic carbocycles. The predicted octanol–water partition coefficient (Wildman–Crippen LogP) is 4.82. The second-order valence-electron chi connectivity index (χ2n) is 9.66. The Morgan fingerprint density at radius 2 is 1.74 bits per heavy atom. The highest BCUT2D eigenvalue weighted by molar-refractivity contribution is 6.05. The van der Waals surface area contributed by atoms with Gasteiger partial charge in [0, 0.05) is 44.5 Å². The van der Waals surface area contributed by atoms with E-state index in [4.69, 9.17) is 14.2 Å². The van der Waals surface area contributed by atoms with Gasteiger partial charge in [-0.2, -0.15) is 0 Å². The molecule has 0 unspecified atom stereocenters. The molecule has 0 fully saturated rings. The Labute approximate surface area is 223 Å². The van der Waals surface area contributed by atoms with Crippen LogP contribution in [0.3, 0.4) is 0 Å². The molecule has 3 aromatic carbocycles. The maximum absolute atomic E-state index is 13.4. The summed E-state index contributed by atoms with van der Waals surface area (Å²) in [6.45, 7) is 5.72. The number of methoxy groups -OCH3 is 1. The number of carbonyl (C=O) groups is 2. The Morgan fingerprint density at radius 3 is 2.45 bits per heavy atom. The number of anilines is 1. The molecule has 2 amide bonds. The predicted molar refractivity (Wildman–Crippen MR) is 147 cm³/mol. The smallest absolute Gasteiger partial charge is 0.257 e. The summed E-state index contributed by atoms with van der Waals surface area (Å²) in [5.74, 6) is 1.53. The number of para-hydroxylation sites is 1. The van der Waals surface area contributed by atoms with Gasteiger partial charge in [-0.15, -0.1) is 0 Å². The molecule has 0 saturated carbocycles. The van der Waals surface area contributed by atoms with Crippen molar-refractivity contribution in [1.82, 2.24) is 10.2 Å². The molecule has 0 bridgehead atoms. The Balaban J connectivity index is 1.51. The SMILES string of the molecule is CO[C@H]1CN(C)C(=O)c2cc(NC(=O)c3ccc(Oc4ccccc4)cc3)ccc2OC[C@@H](C)NC[C@H]1C. The number of benzene rings is 3. The summed E-state index contributed by atoms with van der Waals surface area (Å²) >= 11 is 0. The Hall–Kier alpha value is -3.88. The zero-order chi connectivity index (χ0) is 27.1. The van der Waals surface area contributed by atoms with Gasteiger partial charge in [0.2, 0.25) is 0 Å². The number of amides is 2. The fourth-order valence-corrected chi connectivity index (χ4v) is 4.24. The van der Waals surface area contributed by atoms with E-state index in [1.165, 1.54) is 0 Å². The van der Waals surface area contributed by atoms with Gasteiger partial charge < -0.3 is 29.7 Å². The summed E-state index contributed by atoms with van der Waals surface area (Å²) in [6, 6.07) is 21.5. The van der Waals surface area contributed by atoms with Crippen molar-refractivity contribution in [2.24, 2.45) is 5.92 Å². The van der Waals surface area contributed by atoms with Crippen molar-refractivity contribution in [3.05, 3.63) is 83.9 Å². The summed E-state index contributed by atoms with van der Waals surface area (Å²) in [6.07, 6.45) is -0.121. The number of hydrogen-bond acceptors (Lipinski definition) is 6. The molecule has 200 valence electrons. The minimum Gasteiger partial charge on any atom is -0.491 e. The number of nitrogens with one attached hydrogen (secondary N) is 2. The summed E-state index contributed by atoms with van der Waals surface area (Å²) < 4.78 is 17.5. The van der Waals surface area contributed by atoms with Crippen molar-refractivity contribution in [2.75, 3.05) is 39.2 Å². The molecule has 8 nitrogen and oxygen atoms in total. The van der Waals surface area contributed by atoms with Crippen molar-refractivity contribution in [3.8, 4) is 17.2 Å². The van der Waals surface area contributed by atoms with Crippen molar-refractivity contribution < 1.29 is 23.8 Å². The Kier molecular flexibility index (Phi) is 8.99. The molecule has 1 aliphatic heterocycles. The number of ether oxygens (including phenoxy) is 3. The molecular formula is C30H35N3O5. The number of hydrogen-bond donors (Lipinski definition) is 2. The van der Waals surface area contributed by atoms with Gasteiger partial charge in [0.15, 0.2) is 0 Å². The van der Waals surface area contributed by atoms with Gasteiger partial charge in [0.25, 0.3) is 11.8 Å². The first kappa shape index (κ1) is 27.2. The van der Waals surface area contributed by atoms with Crippen LogP contribution in [0, 0.1) is 5.92 Å². The molecule has 0 radical (unpaired) electrons. The lowest BCUT2D eigenvalue weighted by molar-refractivity contribution is 0.0281. The van der Waals surface area contributed by atoms with Crippen LogP contribution in [0.1, 0.15) is 34.6 Å². The van der Waals surface area contributed by atoms with E-state index < -0.39 is 0 Å². The quantitative estimate of drug-likeness (QED) is 0.504. The molecule has 38 heavy (non-hydrogen) atoms. The van der Waals surface area contributed by atoms with E-state index in [-0.39, 0.29) is 29.9 Å². The fourth-order valence-electron chi connectivity index (χ4n) is 4.24. The van der Waals surface area contributed by atoms with Gasteiger partial charge in [0.05, 0.1) is 11.7 Å². The molecule has 0 saturated heterocycles. The van der Waals surface area contributed by atoms with E-state index in [9.17, 15) is 9.59 Å². The van der Waals surface area contributed by atoms with Gasteiger partial charge in [-0.05, 0) is 67.4 Å². The molecular weight excluding hydrogens is 482 g/mol. The van der Waals surface area contributed by atoms with Crippen LogP contribution in [0.25, 0.3) is 0 Å². The molecule has 0 spiro atoms. The third-order valence-electron chi connectivity index (χ3n) is 6.58. The lowest BCUT2D eigenvalue weighted by Crippen LogP contribution is -2.44. The molecule has 3 atom stereocenters. The number of nitrogens with zero attached hydrogens (tertiary/aromatic N) is 1. The Morgan fingerprint density at radius 1 is 1.03 bits per heavy atom. The lowest BCUT2D eigenvalue weighted by Gasteiger charge is -2.30. The summed E-state index contributed by atoms with van der Waals surface area (Å²) in [5, 5.41) is 6.36. The third kappa shape index (κ3) is 6.90. The fraction of sp³-hybridized carbons (Fsp3) is 0.333. The van der Waals surface area contributed by atoms with Gasteiger partial charge >= 0.3 is 0 Å². The molecule has 1 aliphatic rings. The van der Waals surface area contributed by atoms with Crippen molar-refractivity contribution in [2.45, 2.75) is 26.0 Å². The van der Waals surface area contributed by atoms with Crippen LogP contribution >= 0.6 is 0 Å². The van der Waals surface area contributed by atoms with Crippen LogP contribution in [0.15, 0.2) is 72.8 Å². The number of carbonyl (C=O) groups excluding carboxylic acids is 2. The number of fused-ring (bicyclic) bond motifs is 1. The van der Waals surface area contributed by atoms with Crippen LogP contribution in [0.5, 0.6) is 17.2 Å². The molecule has 0 aromatic heterocycles. The first-order valence-electron chi connectivity index (χ1n) is 12.8. The van der Waals surface area contributed by atoms with E-state index >= 15 is 0 Å². The van der Waals surface area contributed by atoms with Crippen molar-refractivity contribution >= 4 is 17.5 Å². The minimum atomic E-state index is -0.294. The standard InChI is InChI=1S/C30H35N3O5/c1-20-17-31-21(2)19-37-27-15-12-23(16-26(27)30(35)33(3)18-28(20)36-4)32-29(34)22-10-13-25(14-11-22)38-24-8-6-5-7-9-24/h5-16,20-21,28,31H,17-19H2,1-4H3,(H,32,34)/t20-,21-,28+/m1/s1. The maximum atomic E-state index is 13.4. The highest BCUT2D eigenvalue weighted by Gasteiger charge is 2.25. The van der Waals surface area contributed by atoms with E-state index in [1.807, 2.05) is 37.3 Å². The molecule has 8 heteroatoms. The van der Waals surface area contributed by atoms with E-state index in [1.54, 1.807) is 61.5 Å². The van der Waals surface area contributed by atoms with Gasteiger partial charge in [-0.1, -0.05) is 25.1 Å². The average Bonchev–Trinajstić information content (AvgIpc) is 2.93. The largest absolute Gasteiger partial charge is 0.491 e. The van der Waals surface area contributed by atoms with Crippen LogP contribution in [-0.2, 0) is 4.74 Å². The second-order valence-corrected chi connectivity index (χ2v) is 9.66. The topological polar surface area (TPSA) is 89.1 Å². The number of likely N-dealkylation sites (N-methyl/N-ethyl adjacent to an activating group) is 1. The van der Waals surface area contributed by atoms with Gasteiger partial charge in [-0.25, -0.2) is 0 Å². The molecule has 4 rings (SSSR count). The molecule has 2 N–H and O–H groups in total. The second kappa shape index (κ2) is 12.6. The van der Waals surface area contributed by atoms with E-state index in [0.717, 1.165) is 12.3 Å². The maximum Gasteiger partial charge on any atom is 0.257 e. The monoisotopic (exact) mass is 517 g/mol. The first-order chi connectivity index (χ1) is 18.3. The lowest BCUT2D eigenvalue weighted by atomic mass is 10.0. The minimum absolute atomic E-state index is 0.0864. The van der Waals surface area contributed by atoms with Crippen LogP contribution in [0.4, 0.5) is 5.69 Å². The zero-order valence-corrected chi connectivity index (χ0v) is 22.3. The Bertz CT molecular complexity index is 1230. The van der Waals surface area contributed by atoms with Gasteiger partial charge in [0.1, 0.15) is 23.9 Å². The summed E-state index contributed by atoms with van der Waals surface area (Å²) in [7, 11) is 3.41. The highest BCUT2D eigenvalue weighted by Crippen LogP contribution is 2.27. The van der Waals surface area contributed by atoms with Gasteiger partial charge in [-0.3, -0.25) is 9.59 Å². The molecule has 1 heterocycles. The zero-order valence-electron chi connectivity index (χ0n) is 22.3. The van der Waals surface area contributed by atoms with Crippen LogP contribution in [0.2, 0.25) is 0 Å². The van der Waals surface area contributed by atoms with Crippen LogP contribution in [-0.4, -0.2) is 62.7 Å². The summed E-state index contributed by atoms with van der Waals surface area (Å²) in [4.78, 5) is 28.0. The average molecular weight is 518 g/mol. The first-order valence-corrected chi connectivity index (χ1v) is 12.8. The number of rotatable bonds is 5. The highest BCUT2D eigenvalue weighted by atomic mass is 16.5. The third-order valence-corrected chi connectivity index (χ3v) is 6.58. The normalized spacial score (nSPS) is 20.4. The van der Waals surface area contributed by atoms with Crippen molar-refractivity contribution in [1.29, 1.82) is 0 Å². The van der Waals surface area contributed by atoms with E-state index in [2.05, 4.69) is 17.6 Å². The summed E-state index contributed by atoms with van der Waals surface area (Å²) in [5.41, 5.74) is 1.35. The van der Waals surface area contributed by atoms with Crippen LogP contribution < -0.4 is 20.1 Å².